The average Bonchev–Trinajstić information content (AvgIpc) is 2.65. The van der Waals surface area contributed by atoms with Crippen molar-refractivity contribution in [1.82, 2.24) is 0 Å². The van der Waals surface area contributed by atoms with Crippen LogP contribution < -0.4 is 14.0 Å². The summed E-state index contributed by atoms with van der Waals surface area (Å²) in [6, 6.07) is 24.7. The Kier molecular flexibility index (Phi) is 3.54. The van der Waals surface area contributed by atoms with E-state index < -0.39 is 0 Å². The Balaban J connectivity index is 2.24. The van der Waals surface area contributed by atoms with Crippen LogP contribution in [0.5, 0.6) is 11.5 Å². The highest BCUT2D eigenvalue weighted by atomic mass is 16.5. The van der Waals surface area contributed by atoms with Gasteiger partial charge in [-0.25, -0.2) is 0 Å². The highest BCUT2D eigenvalue weighted by Gasteiger charge is 2.21. The second-order valence-electron chi connectivity index (χ2n) is 5.60. The number of nitrogens with zero attached hydrogens (tertiary/aromatic N) is 1. The van der Waals surface area contributed by atoms with E-state index in [-0.39, 0.29) is 0 Å². The molecule has 0 aliphatic rings. The molecule has 118 valence electrons. The summed E-state index contributed by atoms with van der Waals surface area (Å²) >= 11 is 0. The number of hydrogen-bond donors (Lipinski definition) is 0. The molecule has 0 spiro atoms. The molecule has 4 aromatic rings. The first-order chi connectivity index (χ1) is 11.8. The molecule has 3 nitrogen and oxygen atoms in total. The van der Waals surface area contributed by atoms with Gasteiger partial charge in [-0.05, 0) is 18.2 Å². The van der Waals surface area contributed by atoms with Crippen LogP contribution in [0.2, 0.25) is 0 Å². The first-order valence-corrected chi connectivity index (χ1v) is 7.87. The Morgan fingerprint density at radius 3 is 1.67 bits per heavy atom. The van der Waals surface area contributed by atoms with Gasteiger partial charge in [0.15, 0.2) is 0 Å². The summed E-state index contributed by atoms with van der Waals surface area (Å²) in [5, 5.41) is 2.11. The lowest BCUT2D eigenvalue weighted by atomic mass is 10.1. The fourth-order valence-corrected chi connectivity index (χ4v) is 3.23. The average molecular weight is 316 g/mol. The lowest BCUT2D eigenvalue weighted by molar-refractivity contribution is -0.538. The van der Waals surface area contributed by atoms with Crippen LogP contribution in [0.4, 0.5) is 0 Å². The zero-order valence-electron chi connectivity index (χ0n) is 13.7. The van der Waals surface area contributed by atoms with Crippen LogP contribution in [0.1, 0.15) is 0 Å². The zero-order valence-corrected chi connectivity index (χ0v) is 13.7. The predicted octanol–water partition coefficient (Wildman–Crippen LogP) is 4.29. The van der Waals surface area contributed by atoms with Gasteiger partial charge in [-0.2, -0.15) is 4.57 Å². The molecule has 0 unspecified atom stereocenters. The molecule has 3 aromatic carbocycles. The van der Waals surface area contributed by atoms with Crippen LogP contribution in [0, 0.1) is 0 Å². The van der Waals surface area contributed by atoms with Crippen LogP contribution in [0.15, 0.2) is 72.8 Å². The lowest BCUT2D eigenvalue weighted by Crippen LogP contribution is -2.32. The van der Waals surface area contributed by atoms with Gasteiger partial charge in [-0.3, -0.25) is 0 Å². The van der Waals surface area contributed by atoms with Crippen LogP contribution in [0.25, 0.3) is 27.5 Å². The minimum Gasteiger partial charge on any atom is -0.496 e. The molecular weight excluding hydrogens is 298 g/mol. The molecular formula is C21H18NO2+. The van der Waals surface area contributed by atoms with Crippen LogP contribution in [-0.2, 0) is 0 Å². The molecule has 1 heterocycles. The van der Waals surface area contributed by atoms with Crippen LogP contribution >= 0.6 is 0 Å². The maximum Gasteiger partial charge on any atom is 0.222 e. The van der Waals surface area contributed by atoms with E-state index in [9.17, 15) is 0 Å². The van der Waals surface area contributed by atoms with Gasteiger partial charge in [-0.15, -0.1) is 0 Å². The Morgan fingerprint density at radius 2 is 1.17 bits per heavy atom. The molecule has 24 heavy (non-hydrogen) atoms. The number of benzene rings is 3. The smallest absolute Gasteiger partial charge is 0.222 e. The fraction of sp³-hybridized carbons (Fsp3) is 0.0952. The minimum atomic E-state index is 0.852. The number of hydrogen-bond acceptors (Lipinski definition) is 2. The van der Waals surface area contributed by atoms with Crippen LogP contribution in [-0.4, -0.2) is 14.2 Å². The lowest BCUT2D eigenvalue weighted by Gasteiger charge is -2.10. The van der Waals surface area contributed by atoms with Crippen molar-refractivity contribution < 1.29 is 14.0 Å². The molecule has 0 bridgehead atoms. The first-order valence-electron chi connectivity index (χ1n) is 7.87. The SMILES string of the molecule is COc1cccc2c1cc1c(OC)cccc1[n+]2-c1ccccc1. The highest BCUT2D eigenvalue weighted by molar-refractivity contribution is 5.95. The van der Waals surface area contributed by atoms with E-state index in [2.05, 4.69) is 34.9 Å². The Hall–Kier alpha value is -3.07. The number of fused-ring (bicyclic) bond motifs is 2. The molecule has 4 rings (SSSR count). The second-order valence-corrected chi connectivity index (χ2v) is 5.60. The van der Waals surface area contributed by atoms with Crippen molar-refractivity contribution in [2.75, 3.05) is 14.2 Å². The van der Waals surface area contributed by atoms with Gasteiger partial charge in [-0.1, -0.05) is 30.3 Å². The van der Waals surface area contributed by atoms with Crippen molar-refractivity contribution in [3.63, 3.8) is 0 Å². The van der Waals surface area contributed by atoms with Crippen molar-refractivity contribution in [3.05, 3.63) is 72.8 Å². The molecule has 0 N–H and O–H groups in total. The first kappa shape index (κ1) is 14.5. The molecule has 0 amide bonds. The van der Waals surface area contributed by atoms with Crippen molar-refractivity contribution in [1.29, 1.82) is 0 Å². The molecule has 0 aliphatic heterocycles. The summed E-state index contributed by atoms with van der Waals surface area (Å²) in [6.07, 6.45) is 0. The van der Waals surface area contributed by atoms with E-state index in [1.54, 1.807) is 14.2 Å². The van der Waals surface area contributed by atoms with E-state index in [1.165, 1.54) is 0 Å². The van der Waals surface area contributed by atoms with Gasteiger partial charge in [0, 0.05) is 24.3 Å². The van der Waals surface area contributed by atoms with Crippen molar-refractivity contribution in [2.45, 2.75) is 0 Å². The third kappa shape index (κ3) is 2.17. The number of pyridine rings is 1. The summed E-state index contributed by atoms with van der Waals surface area (Å²) in [4.78, 5) is 0. The zero-order chi connectivity index (χ0) is 16.5. The van der Waals surface area contributed by atoms with E-state index >= 15 is 0 Å². The van der Waals surface area contributed by atoms with E-state index in [0.29, 0.717) is 0 Å². The molecule has 0 aliphatic carbocycles. The van der Waals surface area contributed by atoms with Crippen molar-refractivity contribution in [3.8, 4) is 17.2 Å². The van der Waals surface area contributed by atoms with E-state index in [4.69, 9.17) is 9.47 Å². The number of aromatic nitrogens is 1. The van der Waals surface area contributed by atoms with Gasteiger partial charge in [0.2, 0.25) is 16.7 Å². The second kappa shape index (κ2) is 5.85. The van der Waals surface area contributed by atoms with Gasteiger partial charge in [0.05, 0.1) is 25.0 Å². The summed E-state index contributed by atoms with van der Waals surface area (Å²) in [5.41, 5.74) is 3.30. The van der Waals surface area contributed by atoms with Crippen molar-refractivity contribution in [2.24, 2.45) is 0 Å². The predicted molar refractivity (Wildman–Crippen MR) is 96.1 cm³/mol. The summed E-state index contributed by atoms with van der Waals surface area (Å²) in [5.74, 6) is 1.70. The number of ether oxygens (including phenoxy) is 2. The standard InChI is InChI=1S/C21H18NO2/c1-23-20-12-6-10-18-16(20)14-17-19(11-7-13-21(17)24-2)22(18)15-8-4-3-5-9-15/h3-14H,1-2H3/q+1. The molecule has 0 saturated heterocycles. The summed E-state index contributed by atoms with van der Waals surface area (Å²) in [6.45, 7) is 0. The van der Waals surface area contributed by atoms with Gasteiger partial charge < -0.3 is 9.47 Å². The molecule has 0 fully saturated rings. The summed E-state index contributed by atoms with van der Waals surface area (Å²) < 4.78 is 13.4. The Labute approximate surface area is 140 Å². The molecule has 3 heteroatoms. The molecule has 0 saturated carbocycles. The van der Waals surface area contributed by atoms with Gasteiger partial charge in [0.25, 0.3) is 0 Å². The van der Waals surface area contributed by atoms with Gasteiger partial charge in [0.1, 0.15) is 11.5 Å². The summed E-state index contributed by atoms with van der Waals surface area (Å²) in [7, 11) is 3.40. The number of rotatable bonds is 3. The van der Waals surface area contributed by atoms with Crippen molar-refractivity contribution >= 4 is 21.8 Å². The van der Waals surface area contributed by atoms with Crippen LogP contribution in [0.3, 0.4) is 0 Å². The molecule has 0 atom stereocenters. The Bertz CT molecular complexity index is 964. The largest absolute Gasteiger partial charge is 0.496 e. The quantitative estimate of drug-likeness (QED) is 0.416. The van der Waals surface area contributed by atoms with Gasteiger partial charge >= 0.3 is 0 Å². The molecule has 1 aromatic heterocycles. The highest BCUT2D eigenvalue weighted by Crippen LogP contribution is 2.31. The minimum absolute atomic E-state index is 0.852. The maximum absolute atomic E-state index is 5.59. The topological polar surface area (TPSA) is 22.3 Å². The third-order valence-corrected chi connectivity index (χ3v) is 4.31. The fourth-order valence-electron chi connectivity index (χ4n) is 3.23. The normalized spacial score (nSPS) is 10.9. The number of methoxy groups -OCH3 is 2. The number of para-hydroxylation sites is 1. The maximum atomic E-state index is 5.59. The van der Waals surface area contributed by atoms with E-state index in [1.807, 2.05) is 42.5 Å². The Morgan fingerprint density at radius 1 is 0.625 bits per heavy atom. The van der Waals surface area contributed by atoms with E-state index in [0.717, 1.165) is 39.0 Å². The molecule has 0 radical (unpaired) electrons. The monoisotopic (exact) mass is 316 g/mol. The third-order valence-electron chi connectivity index (χ3n) is 4.31.